The number of pyridine rings is 1. The van der Waals surface area contributed by atoms with Crippen molar-refractivity contribution in [2.45, 2.75) is 38.4 Å². The summed E-state index contributed by atoms with van der Waals surface area (Å²) in [5, 5.41) is 6.46. The average Bonchev–Trinajstić information content (AvgIpc) is 3.30. The van der Waals surface area contributed by atoms with Gasteiger partial charge in [-0.05, 0) is 12.3 Å². The van der Waals surface area contributed by atoms with Crippen LogP contribution in [0.25, 0.3) is 0 Å². The lowest BCUT2D eigenvalue weighted by molar-refractivity contribution is -0.153. The fourth-order valence-electron chi connectivity index (χ4n) is 2.42. The fraction of sp³-hybridized carbons (Fsp3) is 0.500. The van der Waals surface area contributed by atoms with Gasteiger partial charge in [0.2, 0.25) is 5.89 Å². The molecule has 0 spiro atoms. The smallest absolute Gasteiger partial charge is 0.422 e. The van der Waals surface area contributed by atoms with Crippen molar-refractivity contribution in [3.8, 4) is 5.75 Å². The van der Waals surface area contributed by atoms with Gasteiger partial charge in [0, 0.05) is 13.0 Å². The molecular weight excluding hydrogens is 389 g/mol. The maximum Gasteiger partial charge on any atom is 0.422 e. The Morgan fingerprint density at radius 3 is 2.81 bits per heavy atom. The molecule has 1 fully saturated rings. The molecule has 1 aliphatic rings. The van der Waals surface area contributed by atoms with Crippen molar-refractivity contribution >= 4 is 17.5 Å². The minimum Gasteiger partial charge on any atom is -0.482 e. The van der Waals surface area contributed by atoms with Crippen LogP contribution in [0.3, 0.4) is 0 Å². The van der Waals surface area contributed by atoms with Crippen LogP contribution >= 0.6 is 11.6 Å². The van der Waals surface area contributed by atoms with Crippen LogP contribution in [0.5, 0.6) is 5.75 Å². The minimum atomic E-state index is -4.53. The summed E-state index contributed by atoms with van der Waals surface area (Å²) in [6.45, 7) is 0.113. The van der Waals surface area contributed by atoms with Gasteiger partial charge in [-0.2, -0.15) is 18.2 Å². The molecule has 1 aliphatic carbocycles. The van der Waals surface area contributed by atoms with Gasteiger partial charge in [0.25, 0.3) is 5.91 Å². The zero-order valence-electron chi connectivity index (χ0n) is 14.2. The summed E-state index contributed by atoms with van der Waals surface area (Å²) in [5.41, 5.74) is -0.127. The van der Waals surface area contributed by atoms with Crippen molar-refractivity contribution < 1.29 is 27.2 Å². The Morgan fingerprint density at radius 2 is 2.22 bits per heavy atom. The summed E-state index contributed by atoms with van der Waals surface area (Å²) < 4.78 is 46.6. The summed E-state index contributed by atoms with van der Waals surface area (Å²) in [5.74, 6) is 0.292. The van der Waals surface area contributed by atoms with Crippen molar-refractivity contribution in [3.05, 3.63) is 34.7 Å². The number of rotatable bonds is 7. The van der Waals surface area contributed by atoms with Crippen LogP contribution in [0, 0.1) is 12.8 Å². The van der Waals surface area contributed by atoms with Gasteiger partial charge in [0.05, 0.1) is 12.2 Å². The largest absolute Gasteiger partial charge is 0.482 e. The van der Waals surface area contributed by atoms with Gasteiger partial charge in [0.1, 0.15) is 16.5 Å². The summed E-state index contributed by atoms with van der Waals surface area (Å²) in [4.78, 5) is 20.5. The Labute approximate surface area is 157 Å². The van der Waals surface area contributed by atoms with E-state index in [-0.39, 0.29) is 16.5 Å². The maximum absolute atomic E-state index is 12.5. The van der Waals surface area contributed by atoms with Gasteiger partial charge in [0.15, 0.2) is 12.4 Å². The summed E-state index contributed by atoms with van der Waals surface area (Å²) in [6.07, 6.45) is -0.719. The van der Waals surface area contributed by atoms with Gasteiger partial charge in [-0.1, -0.05) is 29.6 Å². The monoisotopic (exact) mass is 404 g/mol. The van der Waals surface area contributed by atoms with E-state index in [0.29, 0.717) is 24.1 Å². The molecule has 11 heteroatoms. The van der Waals surface area contributed by atoms with E-state index in [0.717, 1.165) is 25.1 Å². The first-order chi connectivity index (χ1) is 12.7. The standard InChI is InChI=1S/C16H16ClF3N4O3/c1-8-22-14(24-27-8)11(4-9-2-3-9)23-15(25)12-5-13(10(17)6-21-12)26-7-16(18,19)20/h5-6,9,11H,2-4,7H2,1H3,(H,23,25). The molecular formula is C16H16ClF3N4O3. The Morgan fingerprint density at radius 1 is 1.48 bits per heavy atom. The zero-order chi connectivity index (χ0) is 19.6. The molecule has 1 saturated carbocycles. The second-order valence-corrected chi connectivity index (χ2v) is 6.69. The highest BCUT2D eigenvalue weighted by Gasteiger charge is 2.31. The number of carbonyl (C=O) groups excluding carboxylic acids is 1. The highest BCUT2D eigenvalue weighted by molar-refractivity contribution is 6.32. The minimum absolute atomic E-state index is 0.126. The number of nitrogens with zero attached hydrogens (tertiary/aromatic N) is 3. The molecule has 1 unspecified atom stereocenters. The number of aromatic nitrogens is 3. The van der Waals surface area contributed by atoms with E-state index in [1.165, 1.54) is 0 Å². The number of hydrogen-bond acceptors (Lipinski definition) is 6. The van der Waals surface area contributed by atoms with Crippen LogP contribution in [-0.4, -0.2) is 33.8 Å². The van der Waals surface area contributed by atoms with E-state index >= 15 is 0 Å². The lowest BCUT2D eigenvalue weighted by Crippen LogP contribution is -2.30. The summed E-state index contributed by atoms with van der Waals surface area (Å²) >= 11 is 5.79. The number of halogens is 4. The summed E-state index contributed by atoms with van der Waals surface area (Å²) in [6, 6.07) is 0.582. The number of hydrogen-bond donors (Lipinski definition) is 1. The second-order valence-electron chi connectivity index (χ2n) is 6.28. The SMILES string of the molecule is Cc1nc(C(CC2CC2)NC(=O)c2cc(OCC(F)(F)F)c(Cl)cn2)no1. The third kappa shape index (κ3) is 5.56. The Hall–Kier alpha value is -2.36. The lowest BCUT2D eigenvalue weighted by atomic mass is 10.1. The lowest BCUT2D eigenvalue weighted by Gasteiger charge is -2.15. The van der Waals surface area contributed by atoms with Crippen LogP contribution in [-0.2, 0) is 0 Å². The van der Waals surface area contributed by atoms with Crippen LogP contribution < -0.4 is 10.1 Å². The van der Waals surface area contributed by atoms with Crippen molar-refractivity contribution in [1.29, 1.82) is 0 Å². The van der Waals surface area contributed by atoms with Crippen molar-refractivity contribution in [2.75, 3.05) is 6.61 Å². The average molecular weight is 405 g/mol. The Kier molecular flexibility index (Phi) is 5.54. The molecule has 1 atom stereocenters. The molecule has 2 heterocycles. The maximum atomic E-state index is 12.5. The van der Waals surface area contributed by atoms with Crippen molar-refractivity contribution in [1.82, 2.24) is 20.4 Å². The molecule has 2 aromatic rings. The first kappa shape index (κ1) is 19.4. The second kappa shape index (κ2) is 7.71. The first-order valence-corrected chi connectivity index (χ1v) is 8.55. The molecule has 1 amide bonds. The molecule has 0 saturated heterocycles. The van der Waals surface area contributed by atoms with Crippen LogP contribution in [0.4, 0.5) is 13.2 Å². The number of aryl methyl sites for hydroxylation is 1. The predicted molar refractivity (Wildman–Crippen MR) is 87.4 cm³/mol. The summed E-state index contributed by atoms with van der Waals surface area (Å²) in [7, 11) is 0. The first-order valence-electron chi connectivity index (χ1n) is 8.17. The van der Waals surface area contributed by atoms with Crippen molar-refractivity contribution in [3.63, 3.8) is 0 Å². The van der Waals surface area contributed by atoms with Gasteiger partial charge in [-0.3, -0.25) is 4.79 Å². The quantitative estimate of drug-likeness (QED) is 0.757. The zero-order valence-corrected chi connectivity index (χ0v) is 15.0. The number of alkyl halides is 3. The normalized spacial score (nSPS) is 15.4. The molecule has 7 nitrogen and oxygen atoms in total. The molecule has 146 valence electrons. The van der Waals surface area contributed by atoms with E-state index in [2.05, 4.69) is 25.2 Å². The van der Waals surface area contributed by atoms with Crippen LogP contribution in [0.1, 0.15) is 47.5 Å². The molecule has 0 aliphatic heterocycles. The Bertz CT molecular complexity index is 823. The molecule has 1 N–H and O–H groups in total. The van der Waals surface area contributed by atoms with E-state index in [9.17, 15) is 18.0 Å². The third-order valence-corrected chi connectivity index (χ3v) is 4.15. The number of amides is 1. The van der Waals surface area contributed by atoms with Gasteiger partial charge >= 0.3 is 6.18 Å². The van der Waals surface area contributed by atoms with E-state index in [1.807, 2.05) is 0 Å². The Balaban J connectivity index is 1.73. The molecule has 2 aromatic heterocycles. The van der Waals surface area contributed by atoms with E-state index in [1.54, 1.807) is 6.92 Å². The number of ether oxygens (including phenoxy) is 1. The molecule has 0 radical (unpaired) electrons. The highest BCUT2D eigenvalue weighted by atomic mass is 35.5. The van der Waals surface area contributed by atoms with E-state index in [4.69, 9.17) is 16.1 Å². The van der Waals surface area contributed by atoms with Crippen LogP contribution in [0.2, 0.25) is 5.02 Å². The van der Waals surface area contributed by atoms with Crippen LogP contribution in [0.15, 0.2) is 16.8 Å². The van der Waals surface area contributed by atoms with Gasteiger partial charge in [-0.25, -0.2) is 4.98 Å². The molecule has 27 heavy (non-hydrogen) atoms. The number of carbonyl (C=O) groups is 1. The fourth-order valence-corrected chi connectivity index (χ4v) is 2.58. The van der Waals surface area contributed by atoms with Crippen molar-refractivity contribution in [2.24, 2.45) is 5.92 Å². The number of nitrogens with one attached hydrogen (secondary N) is 1. The molecule has 0 aromatic carbocycles. The van der Waals surface area contributed by atoms with Gasteiger partial charge < -0.3 is 14.6 Å². The van der Waals surface area contributed by atoms with E-state index < -0.39 is 24.7 Å². The van der Waals surface area contributed by atoms with Gasteiger partial charge in [-0.15, -0.1) is 0 Å². The topological polar surface area (TPSA) is 90.1 Å². The third-order valence-electron chi connectivity index (χ3n) is 3.87. The molecule has 0 bridgehead atoms. The molecule has 3 rings (SSSR count). The predicted octanol–water partition coefficient (Wildman–Crippen LogP) is 3.64. The highest BCUT2D eigenvalue weighted by Crippen LogP contribution is 2.37.